The highest BCUT2D eigenvalue weighted by Crippen LogP contribution is 2.49. The first-order chi connectivity index (χ1) is 24.8. The Morgan fingerprint density at radius 2 is 1.22 bits per heavy atom. The maximum absolute atomic E-state index is 9.47. The smallest absolute Gasteiger partial charge is 0.160 e. The van der Waals surface area contributed by atoms with Crippen molar-refractivity contribution in [3.8, 4) is 22.3 Å². The summed E-state index contributed by atoms with van der Waals surface area (Å²) in [6.07, 6.45) is 0. The van der Waals surface area contributed by atoms with Gasteiger partial charge in [-0.3, -0.25) is 0 Å². The molecule has 3 heteroatoms. The maximum Gasteiger partial charge on any atom is 0.160 e. The van der Waals surface area contributed by atoms with Crippen LogP contribution in [0.1, 0.15) is 8.22 Å². The van der Waals surface area contributed by atoms with E-state index in [1.165, 1.54) is 0 Å². The van der Waals surface area contributed by atoms with Gasteiger partial charge in [0, 0.05) is 36.6 Å². The molecule has 0 radical (unpaired) electrons. The predicted molar refractivity (Wildman–Crippen MR) is 192 cm³/mol. The van der Waals surface area contributed by atoms with Crippen LogP contribution >= 0.6 is 11.3 Å². The van der Waals surface area contributed by atoms with Gasteiger partial charge in [-0.05, 0) is 64.6 Å². The average molecular weight is 600 g/mol. The van der Waals surface area contributed by atoms with Gasteiger partial charge in [0.05, 0.1) is 19.6 Å². The van der Waals surface area contributed by atoms with Crippen LogP contribution in [0.5, 0.6) is 0 Å². The summed E-state index contributed by atoms with van der Waals surface area (Å²) >= 11 is 1.16. The second-order valence-corrected chi connectivity index (χ2v) is 11.9. The molecular weight excluding hydrogens is 567 g/mol. The molecule has 0 saturated carbocycles. The fraction of sp³-hybridized carbons (Fsp3) is 0. The lowest BCUT2D eigenvalue weighted by Gasteiger charge is -2.27. The highest BCUT2D eigenvalue weighted by atomic mass is 32.1. The van der Waals surface area contributed by atoms with Gasteiger partial charge in [-0.1, -0.05) is 121 Å². The molecule has 0 atom stereocenters. The molecule has 7 aromatic carbocycles. The molecular formula is C42H27NOS. The van der Waals surface area contributed by atoms with Gasteiger partial charge in [-0.15, -0.1) is 11.3 Å². The zero-order chi connectivity index (χ0) is 35.0. The van der Waals surface area contributed by atoms with E-state index in [-0.39, 0.29) is 36.3 Å². The van der Waals surface area contributed by atoms with Gasteiger partial charge in [0.15, 0.2) is 5.58 Å². The molecule has 0 aliphatic rings. The number of fused-ring (bicyclic) bond motifs is 6. The van der Waals surface area contributed by atoms with Crippen molar-refractivity contribution >= 4 is 70.5 Å². The van der Waals surface area contributed by atoms with Gasteiger partial charge < -0.3 is 9.32 Å². The molecule has 2 nitrogen and oxygen atoms in total. The van der Waals surface area contributed by atoms with E-state index in [1.807, 2.05) is 108 Å². The summed E-state index contributed by atoms with van der Waals surface area (Å²) in [5.74, 6) is 0. The molecule has 0 amide bonds. The minimum atomic E-state index is -0.250. The molecule has 9 rings (SSSR count). The third-order valence-electron chi connectivity index (χ3n) is 8.29. The van der Waals surface area contributed by atoms with Crippen molar-refractivity contribution in [2.75, 3.05) is 4.90 Å². The summed E-state index contributed by atoms with van der Waals surface area (Å²) in [7, 11) is 0. The van der Waals surface area contributed by atoms with Gasteiger partial charge in [0.25, 0.3) is 0 Å². The first kappa shape index (κ1) is 20.3. The number of hydrogen-bond donors (Lipinski definition) is 0. The highest BCUT2D eigenvalue weighted by molar-refractivity contribution is 7.26. The van der Waals surface area contributed by atoms with Crippen molar-refractivity contribution in [3.63, 3.8) is 0 Å². The van der Waals surface area contributed by atoms with E-state index in [1.54, 1.807) is 6.07 Å². The predicted octanol–water partition coefficient (Wildman–Crippen LogP) is 12.8. The van der Waals surface area contributed by atoms with Crippen molar-refractivity contribution in [3.05, 3.63) is 164 Å². The zero-order valence-electron chi connectivity index (χ0n) is 29.9. The van der Waals surface area contributed by atoms with E-state index in [9.17, 15) is 1.37 Å². The first-order valence-electron chi connectivity index (χ1n) is 17.7. The average Bonchev–Trinajstić information content (AvgIpc) is 3.75. The standard InChI is InChI=1S/C42H27NOS/c1-3-12-28(13-4-1)29-22-24-31(25-23-29)43(35-18-11-21-39-41(35)34-17-8-10-20-38(34)45-39)36-27-26-32(30-14-5-2-6-15-30)40-33-16-7-9-19-37(33)44-42(36)40/h1-27H/i8D,10D,11D,18D,20D,21D. The minimum absolute atomic E-state index is 0.104. The van der Waals surface area contributed by atoms with Gasteiger partial charge in [0.2, 0.25) is 0 Å². The number of furan rings is 1. The quantitative estimate of drug-likeness (QED) is 0.196. The second kappa shape index (κ2) is 10.5. The monoisotopic (exact) mass is 599 g/mol. The van der Waals surface area contributed by atoms with Crippen LogP contribution in [0.3, 0.4) is 0 Å². The largest absolute Gasteiger partial charge is 0.454 e. The number of para-hydroxylation sites is 1. The van der Waals surface area contributed by atoms with Gasteiger partial charge in [-0.2, -0.15) is 0 Å². The number of benzene rings is 7. The lowest BCUT2D eigenvalue weighted by molar-refractivity contribution is 0.669. The summed E-state index contributed by atoms with van der Waals surface area (Å²) in [5.41, 5.74) is 7.04. The summed E-state index contributed by atoms with van der Waals surface area (Å²) in [6.45, 7) is 0. The van der Waals surface area contributed by atoms with Crippen LogP contribution < -0.4 is 4.90 Å². The normalized spacial score (nSPS) is 13.4. The van der Waals surface area contributed by atoms with Crippen molar-refractivity contribution in [1.82, 2.24) is 0 Å². The molecule has 0 unspecified atom stereocenters. The van der Waals surface area contributed by atoms with Crippen LogP contribution in [0.4, 0.5) is 17.1 Å². The number of thiophene rings is 1. The first-order valence-corrected chi connectivity index (χ1v) is 15.5. The number of nitrogens with zero attached hydrogens (tertiary/aromatic N) is 1. The second-order valence-electron chi connectivity index (χ2n) is 10.9. The van der Waals surface area contributed by atoms with Crippen LogP contribution in [0.25, 0.3) is 64.4 Å². The van der Waals surface area contributed by atoms with Gasteiger partial charge in [0.1, 0.15) is 5.58 Å². The van der Waals surface area contributed by atoms with Crippen LogP contribution in [-0.4, -0.2) is 0 Å². The Balaban J connectivity index is 1.42. The maximum atomic E-state index is 9.47. The Morgan fingerprint density at radius 3 is 2.04 bits per heavy atom. The molecule has 0 N–H and O–H groups in total. The van der Waals surface area contributed by atoms with Crippen molar-refractivity contribution < 1.29 is 12.6 Å². The lowest BCUT2D eigenvalue weighted by Crippen LogP contribution is -2.10. The van der Waals surface area contributed by atoms with Crippen molar-refractivity contribution in [1.29, 1.82) is 0 Å². The molecule has 0 saturated heterocycles. The molecule has 2 heterocycles. The van der Waals surface area contributed by atoms with Gasteiger partial charge >= 0.3 is 0 Å². The minimum Gasteiger partial charge on any atom is -0.454 e. The fourth-order valence-electron chi connectivity index (χ4n) is 6.25. The van der Waals surface area contributed by atoms with E-state index in [0.29, 0.717) is 48.4 Å². The summed E-state index contributed by atoms with van der Waals surface area (Å²) in [5, 5.41) is 2.84. The van der Waals surface area contributed by atoms with Crippen LogP contribution in [-0.2, 0) is 0 Å². The number of rotatable bonds is 5. The molecule has 0 aliphatic carbocycles. The van der Waals surface area contributed by atoms with Gasteiger partial charge in [-0.25, -0.2) is 0 Å². The van der Waals surface area contributed by atoms with Crippen LogP contribution in [0.15, 0.2) is 168 Å². The molecule has 9 aromatic rings. The topological polar surface area (TPSA) is 16.4 Å². The zero-order valence-corrected chi connectivity index (χ0v) is 24.7. The van der Waals surface area contributed by atoms with E-state index in [4.69, 9.17) is 11.3 Å². The fourth-order valence-corrected chi connectivity index (χ4v) is 7.24. The number of anilines is 3. The lowest BCUT2D eigenvalue weighted by atomic mass is 9.98. The summed E-state index contributed by atoms with van der Waals surface area (Å²) < 4.78 is 60.6. The molecule has 45 heavy (non-hydrogen) atoms. The molecule has 0 bridgehead atoms. The Kier molecular flexibility index (Phi) is 4.75. The van der Waals surface area contributed by atoms with E-state index < -0.39 is 0 Å². The summed E-state index contributed by atoms with van der Waals surface area (Å²) in [6, 6.07) is 40.7. The van der Waals surface area contributed by atoms with Crippen LogP contribution in [0.2, 0.25) is 0 Å². The van der Waals surface area contributed by atoms with E-state index in [2.05, 4.69) is 18.2 Å². The molecule has 212 valence electrons. The van der Waals surface area contributed by atoms with Crippen LogP contribution in [0, 0.1) is 0 Å². The Morgan fingerprint density at radius 1 is 0.511 bits per heavy atom. The Labute approximate surface area is 273 Å². The SMILES string of the molecule is [2H]c1cc2c(sc3c([2H])c([2H])c([2H])c(N(c4ccc(-c5ccccc5)cc4)c4ccc(-c5ccccc5)c5c4oc4ccccc45)c32)c([2H])c1[2H]. The molecule has 2 aromatic heterocycles. The van der Waals surface area contributed by atoms with E-state index >= 15 is 0 Å². The Bertz CT molecular complexity index is 2810. The highest BCUT2D eigenvalue weighted by Gasteiger charge is 2.24. The summed E-state index contributed by atoms with van der Waals surface area (Å²) in [4.78, 5) is 1.92. The Hall–Kier alpha value is -5.64. The molecule has 0 fully saturated rings. The van der Waals surface area contributed by atoms with E-state index in [0.717, 1.165) is 44.4 Å². The van der Waals surface area contributed by atoms with Crippen molar-refractivity contribution in [2.24, 2.45) is 0 Å². The van der Waals surface area contributed by atoms with Crippen molar-refractivity contribution in [2.45, 2.75) is 0 Å². The molecule has 0 spiro atoms. The number of hydrogen-bond acceptors (Lipinski definition) is 3. The third-order valence-corrected chi connectivity index (χ3v) is 9.33. The third kappa shape index (κ3) is 4.24. The molecule has 0 aliphatic heterocycles.